The highest BCUT2D eigenvalue weighted by molar-refractivity contribution is 14.1. The van der Waals surface area contributed by atoms with Gasteiger partial charge in [-0.2, -0.15) is 0 Å². The second-order valence-electron chi connectivity index (χ2n) is 4.57. The monoisotopic (exact) mass is 358 g/mol. The van der Waals surface area contributed by atoms with E-state index in [2.05, 4.69) is 22.6 Å². The molecule has 0 saturated carbocycles. The van der Waals surface area contributed by atoms with Crippen LogP contribution in [0.2, 0.25) is 0 Å². The molecule has 5 heteroatoms. The molecule has 1 aliphatic rings. The van der Waals surface area contributed by atoms with Gasteiger partial charge >= 0.3 is 5.97 Å². The number of ether oxygens (including phenoxy) is 2. The van der Waals surface area contributed by atoms with Gasteiger partial charge in [0.25, 0.3) is 0 Å². The fourth-order valence-corrected chi connectivity index (χ4v) is 3.01. The van der Waals surface area contributed by atoms with E-state index in [1.165, 1.54) is 0 Å². The molecule has 1 aromatic rings. The smallest absolute Gasteiger partial charge is 0.312 e. The van der Waals surface area contributed by atoms with Crippen molar-refractivity contribution in [1.29, 1.82) is 0 Å². The summed E-state index contributed by atoms with van der Waals surface area (Å²) in [5.41, 5.74) is 1.02. The third kappa shape index (κ3) is 3.48. The lowest BCUT2D eigenvalue weighted by Gasteiger charge is -2.15. The lowest BCUT2D eigenvalue weighted by molar-refractivity contribution is -0.151. The Labute approximate surface area is 122 Å². The van der Waals surface area contributed by atoms with Crippen LogP contribution in [0.4, 0.5) is 0 Å². The van der Waals surface area contributed by atoms with E-state index in [1.54, 1.807) is 0 Å². The first-order chi connectivity index (χ1) is 8.70. The third-order valence-corrected chi connectivity index (χ3v) is 3.99. The molecular weight excluding hydrogens is 342 g/mol. The highest BCUT2D eigenvalue weighted by Gasteiger charge is 2.38. The van der Waals surface area contributed by atoms with Crippen molar-refractivity contribution >= 4 is 36.4 Å². The maximum Gasteiger partial charge on any atom is 0.312 e. The number of halogens is 1. The van der Waals surface area contributed by atoms with Crippen molar-refractivity contribution in [3.05, 3.63) is 35.9 Å². The van der Waals surface area contributed by atoms with Crippen LogP contribution >= 0.6 is 22.6 Å². The molecule has 0 N–H and O–H groups in total. The molecule has 96 valence electrons. The van der Waals surface area contributed by atoms with Crippen molar-refractivity contribution in [2.75, 3.05) is 4.43 Å². The number of benzene rings is 1. The fraction of sp³-hybridized carbons (Fsp3) is 0.462. The average Bonchev–Trinajstić information content (AvgIpc) is 2.78. The molecule has 0 radical (unpaired) electrons. The van der Waals surface area contributed by atoms with Crippen molar-refractivity contribution in [1.82, 2.24) is 0 Å². The van der Waals surface area contributed by atoms with Crippen molar-refractivity contribution in [3.8, 4) is 0 Å². The number of hydrogen-bond acceptors (Lipinski definition) is 3. The molecule has 1 heterocycles. The fourth-order valence-electron chi connectivity index (χ4n) is 2.19. The molecule has 3 atom stereocenters. The van der Waals surface area contributed by atoms with E-state index in [0.29, 0.717) is 6.61 Å². The molecule has 0 aliphatic carbocycles. The summed E-state index contributed by atoms with van der Waals surface area (Å²) in [7, 11) is 2.00. The zero-order chi connectivity index (χ0) is 13.0. The van der Waals surface area contributed by atoms with Gasteiger partial charge in [-0.1, -0.05) is 52.9 Å². The molecule has 1 fully saturated rings. The maximum atomic E-state index is 12.0. The van der Waals surface area contributed by atoms with Gasteiger partial charge in [0.05, 0.1) is 12.0 Å². The molecule has 0 aromatic heterocycles. The molecule has 1 unspecified atom stereocenters. The van der Waals surface area contributed by atoms with E-state index in [4.69, 9.17) is 9.47 Å². The normalized spacial score (nSPS) is 27.1. The Hall–Kier alpha value is -0.555. The van der Waals surface area contributed by atoms with Gasteiger partial charge in [0.15, 0.2) is 0 Å². The Kier molecular flexibility index (Phi) is 5.06. The van der Waals surface area contributed by atoms with E-state index in [0.717, 1.165) is 16.4 Å². The second-order valence-corrected chi connectivity index (χ2v) is 5.46. The summed E-state index contributed by atoms with van der Waals surface area (Å²) < 4.78 is 11.9. The minimum atomic E-state index is -0.134. The van der Waals surface area contributed by atoms with Crippen molar-refractivity contribution < 1.29 is 14.3 Å². The molecule has 1 saturated heterocycles. The van der Waals surface area contributed by atoms with Gasteiger partial charge in [-0.25, -0.2) is 0 Å². The summed E-state index contributed by atoms with van der Waals surface area (Å²) in [6.07, 6.45) is 0.769. The van der Waals surface area contributed by atoms with Gasteiger partial charge in [0.2, 0.25) is 0 Å². The third-order valence-electron chi connectivity index (χ3n) is 3.12. The molecule has 0 amide bonds. The van der Waals surface area contributed by atoms with Gasteiger partial charge in [-0.15, -0.1) is 0 Å². The SMILES string of the molecule is B[C@@H]1CC(C(=O)OCc2ccccc2)[C@H](CI)O1. The van der Waals surface area contributed by atoms with Crippen molar-refractivity contribution in [3.63, 3.8) is 0 Å². The number of esters is 1. The number of hydrogen-bond donors (Lipinski definition) is 0. The van der Waals surface area contributed by atoms with Gasteiger partial charge < -0.3 is 9.47 Å². The zero-order valence-corrected chi connectivity index (χ0v) is 12.5. The first-order valence-electron chi connectivity index (χ1n) is 6.12. The van der Waals surface area contributed by atoms with Crippen LogP contribution in [0, 0.1) is 5.92 Å². The molecule has 18 heavy (non-hydrogen) atoms. The number of alkyl halides is 1. The van der Waals surface area contributed by atoms with E-state index < -0.39 is 0 Å². The van der Waals surface area contributed by atoms with Gasteiger partial charge in [-0.3, -0.25) is 4.79 Å². The van der Waals surface area contributed by atoms with Crippen LogP contribution in [0.25, 0.3) is 0 Å². The van der Waals surface area contributed by atoms with Crippen LogP contribution in [-0.2, 0) is 20.9 Å². The van der Waals surface area contributed by atoms with Crippen molar-refractivity contribution in [2.24, 2.45) is 5.92 Å². The van der Waals surface area contributed by atoms with Crippen LogP contribution in [0.3, 0.4) is 0 Å². The molecular formula is C13H16BIO3. The Balaban J connectivity index is 1.88. The van der Waals surface area contributed by atoms with E-state index in [1.807, 2.05) is 38.2 Å². The Morgan fingerprint density at radius 3 is 2.83 bits per heavy atom. The zero-order valence-electron chi connectivity index (χ0n) is 10.3. The minimum Gasteiger partial charge on any atom is -0.461 e. The highest BCUT2D eigenvalue weighted by Crippen LogP contribution is 2.27. The summed E-state index contributed by atoms with van der Waals surface area (Å²) in [5.74, 6) is -0.245. The Morgan fingerprint density at radius 2 is 2.17 bits per heavy atom. The first-order valence-corrected chi connectivity index (χ1v) is 7.65. The summed E-state index contributed by atoms with van der Waals surface area (Å²) in [6.45, 7) is 0.346. The summed E-state index contributed by atoms with van der Waals surface area (Å²) in [5, 5.41) is 0. The molecule has 0 spiro atoms. The summed E-state index contributed by atoms with van der Waals surface area (Å²) in [6, 6.07) is 9.89. The van der Waals surface area contributed by atoms with E-state index in [9.17, 15) is 4.79 Å². The predicted octanol–water partition coefficient (Wildman–Crippen LogP) is 1.53. The molecule has 1 aromatic carbocycles. The molecule has 1 aliphatic heterocycles. The minimum absolute atomic E-state index is 0.00359. The lowest BCUT2D eigenvalue weighted by Crippen LogP contribution is -2.27. The number of rotatable bonds is 4. The van der Waals surface area contributed by atoms with Crippen LogP contribution in [0.1, 0.15) is 12.0 Å². The van der Waals surface area contributed by atoms with Gasteiger partial charge in [0, 0.05) is 10.4 Å². The predicted molar refractivity (Wildman–Crippen MR) is 80.4 cm³/mol. The quantitative estimate of drug-likeness (QED) is 0.355. The van der Waals surface area contributed by atoms with Crippen LogP contribution in [0.5, 0.6) is 0 Å². The van der Waals surface area contributed by atoms with Gasteiger partial charge in [0.1, 0.15) is 14.5 Å². The summed E-state index contributed by atoms with van der Waals surface area (Å²) >= 11 is 2.26. The standard InChI is InChI=1S/C13H16BIO3/c14-12-6-10(11(7-15)18-12)13(16)17-8-9-4-2-1-3-5-9/h1-5,10-12H,6-8,14H2/t10?,11-,12-/m0/s1. The van der Waals surface area contributed by atoms with E-state index in [-0.39, 0.29) is 24.0 Å². The molecule has 3 nitrogen and oxygen atoms in total. The average molecular weight is 358 g/mol. The maximum absolute atomic E-state index is 12.0. The van der Waals surface area contributed by atoms with Crippen LogP contribution in [0.15, 0.2) is 30.3 Å². The van der Waals surface area contributed by atoms with Gasteiger partial charge in [-0.05, 0) is 12.0 Å². The first kappa shape index (κ1) is 13.9. The largest absolute Gasteiger partial charge is 0.461 e. The number of carbonyl (C=O) groups is 1. The van der Waals surface area contributed by atoms with Crippen molar-refractivity contribution in [2.45, 2.75) is 25.1 Å². The summed E-state index contributed by atoms with van der Waals surface area (Å²) in [4.78, 5) is 12.0. The van der Waals surface area contributed by atoms with E-state index >= 15 is 0 Å². The van der Waals surface area contributed by atoms with Crippen LogP contribution in [-0.4, -0.2) is 30.4 Å². The molecule has 2 rings (SSSR count). The topological polar surface area (TPSA) is 35.5 Å². The van der Waals surface area contributed by atoms with Crippen LogP contribution < -0.4 is 0 Å². The lowest BCUT2D eigenvalue weighted by atomic mass is 9.91. The second kappa shape index (κ2) is 6.56. The molecule has 0 bridgehead atoms. The highest BCUT2D eigenvalue weighted by atomic mass is 127. The Bertz CT molecular complexity index is 398. The Morgan fingerprint density at radius 1 is 1.44 bits per heavy atom. The number of carbonyl (C=O) groups excluding carboxylic acids is 1.